The van der Waals surface area contributed by atoms with Gasteiger partial charge in [0.2, 0.25) is 0 Å². The second-order valence-corrected chi connectivity index (χ2v) is 5.38. The third-order valence-corrected chi connectivity index (χ3v) is 2.94. The summed E-state index contributed by atoms with van der Waals surface area (Å²) in [7, 11) is 0. The Labute approximate surface area is 102 Å². The van der Waals surface area contributed by atoms with Gasteiger partial charge in [0.25, 0.3) is 0 Å². The highest BCUT2D eigenvalue weighted by Gasteiger charge is 2.40. The van der Waals surface area contributed by atoms with E-state index in [0.29, 0.717) is 0 Å². The molecule has 0 radical (unpaired) electrons. The topological polar surface area (TPSA) is 32.5 Å². The molecular formula is C14H20NO2+. The van der Waals surface area contributed by atoms with E-state index in [1.54, 1.807) is 0 Å². The molecule has 1 aliphatic rings. The lowest BCUT2D eigenvalue weighted by molar-refractivity contribution is -0.591. The average Bonchev–Trinajstić information content (AvgIpc) is 2.74. The van der Waals surface area contributed by atoms with E-state index in [-0.39, 0.29) is 18.2 Å². The van der Waals surface area contributed by atoms with Crippen molar-refractivity contribution < 1.29 is 14.4 Å². The van der Waals surface area contributed by atoms with Crippen LogP contribution >= 0.6 is 0 Å². The van der Waals surface area contributed by atoms with Crippen LogP contribution in [0.15, 0.2) is 30.3 Å². The van der Waals surface area contributed by atoms with Gasteiger partial charge >= 0.3 is 5.90 Å². The number of ether oxygens (including phenoxy) is 1. The molecule has 1 aromatic carbocycles. The minimum atomic E-state index is -0.121. The predicted octanol–water partition coefficient (Wildman–Crippen LogP) is 1.64. The Balaban J connectivity index is 2.40. The van der Waals surface area contributed by atoms with Gasteiger partial charge in [-0.3, -0.25) is 0 Å². The van der Waals surface area contributed by atoms with Crippen LogP contribution in [0, 0.1) is 0 Å². The second kappa shape index (κ2) is 4.49. The molecule has 0 spiro atoms. The maximum atomic E-state index is 9.25. The van der Waals surface area contributed by atoms with Crippen molar-refractivity contribution in [2.24, 2.45) is 0 Å². The molecular weight excluding hydrogens is 214 g/mol. The molecule has 3 nitrogen and oxygen atoms in total. The van der Waals surface area contributed by atoms with Crippen LogP contribution in [0.5, 0.6) is 0 Å². The Hall–Kier alpha value is -1.35. The highest BCUT2D eigenvalue weighted by atomic mass is 16.5. The SMILES string of the molecule is CC(C)(C)[N+]1=C(c2ccccc2)OC(CO)C1. The molecule has 0 fully saturated rings. The van der Waals surface area contributed by atoms with Gasteiger partial charge in [0.05, 0.1) is 12.2 Å². The molecule has 1 aromatic rings. The van der Waals surface area contributed by atoms with Gasteiger partial charge in [-0.25, -0.2) is 0 Å². The number of aliphatic hydroxyl groups is 1. The summed E-state index contributed by atoms with van der Waals surface area (Å²) < 4.78 is 8.04. The zero-order valence-electron chi connectivity index (χ0n) is 10.7. The standard InChI is InChI=1S/C14H20NO2/c1-14(2,3)15-9-12(10-16)17-13(15)11-7-5-4-6-8-11/h4-8,12,16H,9-10H2,1-3H3/q+1. The molecule has 0 saturated carbocycles. The summed E-state index contributed by atoms with van der Waals surface area (Å²) in [6.45, 7) is 7.25. The fourth-order valence-corrected chi connectivity index (χ4v) is 2.02. The molecule has 0 amide bonds. The Morgan fingerprint density at radius 2 is 1.94 bits per heavy atom. The van der Waals surface area contributed by atoms with Gasteiger partial charge in [-0.05, 0) is 32.9 Å². The molecule has 1 heterocycles. The lowest BCUT2D eigenvalue weighted by Gasteiger charge is -2.15. The van der Waals surface area contributed by atoms with Gasteiger partial charge in [0, 0.05) is 0 Å². The zero-order chi connectivity index (χ0) is 12.5. The molecule has 1 atom stereocenters. The largest absolute Gasteiger partial charge is 0.432 e. The van der Waals surface area contributed by atoms with Crippen molar-refractivity contribution in [3.05, 3.63) is 35.9 Å². The van der Waals surface area contributed by atoms with Gasteiger partial charge < -0.3 is 9.84 Å². The predicted molar refractivity (Wildman–Crippen MR) is 67.4 cm³/mol. The van der Waals surface area contributed by atoms with Crippen LogP contribution in [0.3, 0.4) is 0 Å². The second-order valence-electron chi connectivity index (χ2n) is 5.38. The van der Waals surface area contributed by atoms with Crippen molar-refractivity contribution in [3.63, 3.8) is 0 Å². The molecule has 17 heavy (non-hydrogen) atoms. The summed E-state index contributed by atoms with van der Waals surface area (Å²) >= 11 is 0. The van der Waals surface area contributed by atoms with Crippen LogP contribution in [0.4, 0.5) is 0 Å². The number of aliphatic hydroxyl groups excluding tert-OH is 1. The minimum Gasteiger partial charge on any atom is -0.432 e. The van der Waals surface area contributed by atoms with Gasteiger partial charge in [0.15, 0.2) is 18.2 Å². The quantitative estimate of drug-likeness (QED) is 0.789. The van der Waals surface area contributed by atoms with Crippen molar-refractivity contribution >= 4 is 5.90 Å². The first-order valence-corrected chi connectivity index (χ1v) is 6.00. The fraction of sp³-hybridized carbons (Fsp3) is 0.500. The van der Waals surface area contributed by atoms with Gasteiger partial charge in [-0.1, -0.05) is 18.2 Å². The van der Waals surface area contributed by atoms with Crippen molar-refractivity contribution in [1.82, 2.24) is 0 Å². The molecule has 1 unspecified atom stereocenters. The maximum Gasteiger partial charge on any atom is 0.371 e. The summed E-state index contributed by atoms with van der Waals surface area (Å²) in [5.74, 6) is 0.872. The monoisotopic (exact) mass is 234 g/mol. The minimum absolute atomic E-state index is 0.00487. The molecule has 2 rings (SSSR count). The third kappa shape index (κ3) is 2.50. The van der Waals surface area contributed by atoms with Crippen LogP contribution in [-0.4, -0.2) is 40.4 Å². The lowest BCUT2D eigenvalue weighted by atomic mass is 10.1. The zero-order valence-corrected chi connectivity index (χ0v) is 10.7. The van der Waals surface area contributed by atoms with E-state index in [9.17, 15) is 5.11 Å². The van der Waals surface area contributed by atoms with Crippen LogP contribution in [0.2, 0.25) is 0 Å². The van der Waals surface area contributed by atoms with Crippen LogP contribution < -0.4 is 0 Å². The van der Waals surface area contributed by atoms with Gasteiger partial charge in [-0.2, -0.15) is 4.58 Å². The number of hydrogen-bond donors (Lipinski definition) is 1. The Morgan fingerprint density at radius 1 is 1.29 bits per heavy atom. The molecule has 0 saturated heterocycles. The highest BCUT2D eigenvalue weighted by Crippen LogP contribution is 2.19. The lowest BCUT2D eigenvalue weighted by Crippen LogP contribution is -2.36. The molecule has 0 aliphatic carbocycles. The van der Waals surface area contributed by atoms with Gasteiger partial charge in [-0.15, -0.1) is 0 Å². The van der Waals surface area contributed by atoms with Crippen molar-refractivity contribution in [1.29, 1.82) is 0 Å². The molecule has 0 aromatic heterocycles. The molecule has 1 N–H and O–H groups in total. The van der Waals surface area contributed by atoms with E-state index in [0.717, 1.165) is 18.0 Å². The number of rotatable bonds is 2. The molecule has 1 aliphatic heterocycles. The third-order valence-electron chi connectivity index (χ3n) is 2.94. The summed E-state index contributed by atoms with van der Waals surface area (Å²) in [6, 6.07) is 10.1. The van der Waals surface area contributed by atoms with E-state index in [4.69, 9.17) is 4.74 Å². The smallest absolute Gasteiger partial charge is 0.371 e. The van der Waals surface area contributed by atoms with E-state index in [2.05, 4.69) is 25.3 Å². The van der Waals surface area contributed by atoms with Crippen molar-refractivity contribution in [3.8, 4) is 0 Å². The first-order valence-electron chi connectivity index (χ1n) is 6.00. The average molecular weight is 234 g/mol. The summed E-state index contributed by atoms with van der Waals surface area (Å²) in [5, 5.41) is 9.25. The highest BCUT2D eigenvalue weighted by molar-refractivity contribution is 5.91. The van der Waals surface area contributed by atoms with E-state index in [1.165, 1.54) is 0 Å². The first-order chi connectivity index (χ1) is 8.02. The summed E-state index contributed by atoms with van der Waals surface area (Å²) in [4.78, 5) is 0. The maximum absolute atomic E-state index is 9.25. The Morgan fingerprint density at radius 3 is 2.47 bits per heavy atom. The summed E-state index contributed by atoms with van der Waals surface area (Å²) in [5.41, 5.74) is 1.06. The van der Waals surface area contributed by atoms with E-state index >= 15 is 0 Å². The number of hydrogen-bond acceptors (Lipinski definition) is 2. The first kappa shape index (κ1) is 12.1. The fourth-order valence-electron chi connectivity index (χ4n) is 2.02. The van der Waals surface area contributed by atoms with Crippen LogP contribution in [0.25, 0.3) is 0 Å². The Bertz CT molecular complexity index is 418. The van der Waals surface area contributed by atoms with E-state index in [1.807, 2.05) is 30.3 Å². The Kier molecular flexibility index (Phi) is 3.20. The van der Waals surface area contributed by atoms with Crippen molar-refractivity contribution in [2.75, 3.05) is 13.2 Å². The number of benzene rings is 1. The summed E-state index contributed by atoms with van der Waals surface area (Å²) in [6.07, 6.45) is -0.121. The van der Waals surface area contributed by atoms with Crippen LogP contribution in [-0.2, 0) is 4.74 Å². The number of nitrogens with zero attached hydrogens (tertiary/aromatic N) is 1. The van der Waals surface area contributed by atoms with Crippen molar-refractivity contribution in [2.45, 2.75) is 32.4 Å². The van der Waals surface area contributed by atoms with E-state index < -0.39 is 0 Å². The van der Waals surface area contributed by atoms with Gasteiger partial charge in [0.1, 0.15) is 0 Å². The van der Waals surface area contributed by atoms with Crippen LogP contribution in [0.1, 0.15) is 26.3 Å². The molecule has 92 valence electrons. The molecule has 3 heteroatoms. The molecule has 0 bridgehead atoms. The normalized spacial score (nSPS) is 20.6.